The highest BCUT2D eigenvalue weighted by Crippen LogP contribution is 2.34. The van der Waals surface area contributed by atoms with E-state index in [4.69, 9.17) is 10.5 Å². The molecule has 0 amide bonds. The Morgan fingerprint density at radius 3 is 3.08 bits per heavy atom. The fraction of sp³-hybridized carbons (Fsp3) is 0.625. The van der Waals surface area contributed by atoms with Gasteiger partial charge in [0, 0.05) is 6.42 Å². The van der Waals surface area contributed by atoms with Crippen LogP contribution in [-0.4, -0.2) is 11.1 Å². The second kappa shape index (κ2) is 2.71. The van der Waals surface area contributed by atoms with Crippen molar-refractivity contribution in [1.29, 1.82) is 0 Å². The van der Waals surface area contributed by atoms with Gasteiger partial charge in [0.25, 0.3) is 0 Å². The molecule has 0 bridgehead atoms. The van der Waals surface area contributed by atoms with Gasteiger partial charge in [-0.2, -0.15) is 0 Å². The van der Waals surface area contributed by atoms with Gasteiger partial charge in [-0.3, -0.25) is 0 Å². The van der Waals surface area contributed by atoms with Crippen molar-refractivity contribution in [3.63, 3.8) is 0 Å². The number of rotatable bonds is 0. The first-order valence-electron chi connectivity index (χ1n) is 4.07. The van der Waals surface area contributed by atoms with Gasteiger partial charge in [0.1, 0.15) is 0 Å². The van der Waals surface area contributed by atoms with Crippen molar-refractivity contribution < 1.29 is 4.74 Å². The van der Waals surface area contributed by atoms with Crippen LogP contribution in [0.3, 0.4) is 0 Å². The first kappa shape index (κ1) is 8.01. The Bertz CT molecular complexity index is 297. The molecule has 0 aliphatic carbocycles. The van der Waals surface area contributed by atoms with E-state index in [0.29, 0.717) is 5.13 Å². The highest BCUT2D eigenvalue weighted by molar-refractivity contribution is 7.15. The minimum Gasteiger partial charge on any atom is -0.375 e. The molecule has 2 rings (SSSR count). The van der Waals surface area contributed by atoms with E-state index in [-0.39, 0.29) is 12.2 Å². The smallest absolute Gasteiger partial charge is 0.180 e. The number of thiazole rings is 1. The molecule has 3 nitrogen and oxygen atoms in total. The third-order valence-electron chi connectivity index (χ3n) is 2.03. The molecule has 2 N–H and O–H groups in total. The summed E-state index contributed by atoms with van der Waals surface area (Å²) in [6.07, 6.45) is 1.33. The molecule has 0 unspecified atom stereocenters. The van der Waals surface area contributed by atoms with Gasteiger partial charge in [0.15, 0.2) is 5.13 Å². The third-order valence-corrected chi connectivity index (χ3v) is 3.12. The van der Waals surface area contributed by atoms with Crippen LogP contribution in [0.5, 0.6) is 0 Å². The van der Waals surface area contributed by atoms with Crippen molar-refractivity contribution in [2.75, 3.05) is 5.73 Å². The van der Waals surface area contributed by atoms with Crippen LogP contribution in [0.2, 0.25) is 0 Å². The summed E-state index contributed by atoms with van der Waals surface area (Å²) in [7, 11) is 0. The van der Waals surface area contributed by atoms with Crippen molar-refractivity contribution >= 4 is 16.5 Å². The van der Waals surface area contributed by atoms with E-state index in [0.717, 1.165) is 12.1 Å². The number of ether oxygens (including phenoxy) is 1. The van der Waals surface area contributed by atoms with E-state index < -0.39 is 0 Å². The summed E-state index contributed by atoms with van der Waals surface area (Å²) in [5.41, 5.74) is 6.75. The SMILES string of the molecule is C[C@@H]1Cc2nc(N)sc2[C@H](C)O1. The topological polar surface area (TPSA) is 48.1 Å². The Balaban J connectivity index is 2.40. The van der Waals surface area contributed by atoms with Crippen molar-refractivity contribution in [3.05, 3.63) is 10.6 Å². The normalized spacial score (nSPS) is 28.5. The summed E-state index contributed by atoms with van der Waals surface area (Å²) in [4.78, 5) is 5.47. The Hall–Kier alpha value is -0.610. The van der Waals surface area contributed by atoms with Gasteiger partial charge in [0.2, 0.25) is 0 Å². The predicted octanol–water partition coefficient (Wildman–Crippen LogP) is 1.75. The molecular formula is C8H12N2OS. The minimum absolute atomic E-state index is 0.165. The molecule has 1 aliphatic heterocycles. The molecule has 2 atom stereocenters. The zero-order chi connectivity index (χ0) is 8.72. The van der Waals surface area contributed by atoms with E-state index in [1.165, 1.54) is 4.88 Å². The minimum atomic E-state index is 0.165. The number of aromatic nitrogens is 1. The highest BCUT2D eigenvalue weighted by atomic mass is 32.1. The molecule has 1 aromatic rings. The molecule has 0 saturated carbocycles. The van der Waals surface area contributed by atoms with Gasteiger partial charge in [-0.25, -0.2) is 4.98 Å². The van der Waals surface area contributed by atoms with Crippen LogP contribution in [0.15, 0.2) is 0 Å². The maximum atomic E-state index is 5.64. The molecule has 1 aliphatic rings. The molecule has 4 heteroatoms. The Morgan fingerprint density at radius 1 is 1.58 bits per heavy atom. The van der Waals surface area contributed by atoms with E-state index >= 15 is 0 Å². The van der Waals surface area contributed by atoms with Crippen molar-refractivity contribution in [2.24, 2.45) is 0 Å². The van der Waals surface area contributed by atoms with Crippen LogP contribution in [0, 0.1) is 0 Å². The molecular weight excluding hydrogens is 172 g/mol. The lowest BCUT2D eigenvalue weighted by atomic mass is 10.1. The largest absolute Gasteiger partial charge is 0.375 e. The summed E-state index contributed by atoms with van der Waals surface area (Å²) < 4.78 is 5.64. The van der Waals surface area contributed by atoms with E-state index in [2.05, 4.69) is 11.9 Å². The van der Waals surface area contributed by atoms with Crippen molar-refractivity contribution in [3.8, 4) is 0 Å². The van der Waals surface area contributed by atoms with Crippen LogP contribution in [0.1, 0.15) is 30.5 Å². The predicted molar refractivity (Wildman–Crippen MR) is 49.2 cm³/mol. The molecule has 66 valence electrons. The molecule has 0 spiro atoms. The summed E-state index contributed by atoms with van der Waals surface area (Å²) >= 11 is 1.54. The number of nitrogen functional groups attached to an aromatic ring is 1. The second-order valence-corrected chi connectivity index (χ2v) is 4.22. The van der Waals surface area contributed by atoms with Crippen LogP contribution >= 0.6 is 11.3 Å². The summed E-state index contributed by atoms with van der Waals surface area (Å²) in [5, 5.41) is 0.657. The maximum absolute atomic E-state index is 5.64. The van der Waals surface area contributed by atoms with Crippen molar-refractivity contribution in [1.82, 2.24) is 4.98 Å². The Labute approximate surface area is 75.6 Å². The molecule has 1 aromatic heterocycles. The number of fused-ring (bicyclic) bond motifs is 1. The summed E-state index contributed by atoms with van der Waals surface area (Å²) in [6, 6.07) is 0. The zero-order valence-electron chi connectivity index (χ0n) is 7.20. The first-order valence-corrected chi connectivity index (χ1v) is 4.89. The first-order chi connectivity index (χ1) is 5.66. The number of hydrogen-bond acceptors (Lipinski definition) is 4. The molecule has 0 fully saturated rings. The van der Waals surface area contributed by atoms with Gasteiger partial charge in [-0.15, -0.1) is 0 Å². The number of hydrogen-bond donors (Lipinski definition) is 1. The third kappa shape index (κ3) is 1.21. The van der Waals surface area contributed by atoms with Gasteiger partial charge >= 0.3 is 0 Å². The van der Waals surface area contributed by atoms with Crippen LogP contribution in [0.4, 0.5) is 5.13 Å². The standard InChI is InChI=1S/C8H12N2OS/c1-4-3-6-7(5(2)11-4)12-8(9)10-6/h4-5H,3H2,1-2H3,(H2,9,10)/t4-,5+/m1/s1. The quantitative estimate of drug-likeness (QED) is 0.668. The fourth-order valence-corrected chi connectivity index (χ4v) is 2.43. The molecule has 0 radical (unpaired) electrons. The van der Waals surface area contributed by atoms with Crippen LogP contribution < -0.4 is 5.73 Å². The molecule has 2 heterocycles. The van der Waals surface area contributed by atoms with Gasteiger partial charge in [-0.1, -0.05) is 11.3 Å². The lowest BCUT2D eigenvalue weighted by molar-refractivity contribution is -0.00316. The van der Waals surface area contributed by atoms with E-state index in [1.54, 1.807) is 11.3 Å². The van der Waals surface area contributed by atoms with Crippen molar-refractivity contribution in [2.45, 2.75) is 32.5 Å². The van der Waals surface area contributed by atoms with E-state index in [1.807, 2.05) is 6.92 Å². The lowest BCUT2D eigenvalue weighted by Gasteiger charge is -2.23. The average molecular weight is 184 g/mol. The van der Waals surface area contributed by atoms with Crippen LogP contribution in [-0.2, 0) is 11.2 Å². The molecule has 0 saturated heterocycles. The molecule has 12 heavy (non-hydrogen) atoms. The van der Waals surface area contributed by atoms with Crippen LogP contribution in [0.25, 0.3) is 0 Å². The number of anilines is 1. The second-order valence-electron chi connectivity index (χ2n) is 3.16. The van der Waals surface area contributed by atoms with Gasteiger partial charge in [0.05, 0.1) is 22.8 Å². The Kier molecular flexibility index (Phi) is 1.81. The monoisotopic (exact) mass is 184 g/mol. The number of nitrogens with zero attached hydrogens (tertiary/aromatic N) is 1. The number of nitrogens with two attached hydrogens (primary N) is 1. The van der Waals surface area contributed by atoms with Gasteiger partial charge < -0.3 is 10.5 Å². The highest BCUT2D eigenvalue weighted by Gasteiger charge is 2.25. The Morgan fingerprint density at radius 2 is 2.33 bits per heavy atom. The fourth-order valence-electron chi connectivity index (χ4n) is 1.58. The zero-order valence-corrected chi connectivity index (χ0v) is 8.02. The lowest BCUT2D eigenvalue weighted by Crippen LogP contribution is -2.20. The molecule has 0 aromatic carbocycles. The summed E-state index contributed by atoms with van der Waals surface area (Å²) in [6.45, 7) is 4.11. The van der Waals surface area contributed by atoms with E-state index in [9.17, 15) is 0 Å². The average Bonchev–Trinajstić information content (AvgIpc) is 2.29. The van der Waals surface area contributed by atoms with Gasteiger partial charge in [-0.05, 0) is 13.8 Å². The maximum Gasteiger partial charge on any atom is 0.180 e. The summed E-state index contributed by atoms with van der Waals surface area (Å²) in [5.74, 6) is 0.